The molecule has 0 spiro atoms. The third-order valence-corrected chi connectivity index (χ3v) is 5.78. The number of rotatable bonds is 13. The second-order valence-electron chi connectivity index (χ2n) is 8.59. The summed E-state index contributed by atoms with van der Waals surface area (Å²) in [6.45, 7) is 1.98. The Balaban J connectivity index is 3.17. The minimum atomic E-state index is -1.02. The van der Waals surface area contributed by atoms with Crippen molar-refractivity contribution in [2.45, 2.75) is 25.3 Å². The van der Waals surface area contributed by atoms with Crippen LogP contribution in [0, 0.1) is 0 Å². The Labute approximate surface area is 199 Å². The first-order valence-corrected chi connectivity index (χ1v) is 11.5. The lowest BCUT2D eigenvalue weighted by Gasteiger charge is -2.37. The molecule has 1 fully saturated rings. The lowest BCUT2D eigenvalue weighted by Crippen LogP contribution is -2.52. The van der Waals surface area contributed by atoms with Crippen LogP contribution in [0.15, 0.2) is 0 Å². The maximum atomic E-state index is 11.6. The predicted molar refractivity (Wildman–Crippen MR) is 123 cm³/mol. The largest absolute Gasteiger partial charge is 0.480 e. The zero-order chi connectivity index (χ0) is 25.5. The summed E-state index contributed by atoms with van der Waals surface area (Å²) in [5.74, 6) is -4.05. The van der Waals surface area contributed by atoms with Gasteiger partial charge in [0.2, 0.25) is 0 Å². The summed E-state index contributed by atoms with van der Waals surface area (Å²) in [7, 11) is 1.85. The highest BCUT2D eigenvalue weighted by Gasteiger charge is 2.26. The fourth-order valence-electron chi connectivity index (χ4n) is 4.12. The second-order valence-corrected chi connectivity index (χ2v) is 8.59. The Bertz CT molecular complexity index is 665. The van der Waals surface area contributed by atoms with Gasteiger partial charge >= 0.3 is 23.9 Å². The van der Waals surface area contributed by atoms with Gasteiger partial charge < -0.3 is 25.7 Å². The molecule has 0 aromatic carbocycles. The normalized spacial score (nSPS) is 20.3. The summed E-state index contributed by atoms with van der Waals surface area (Å²) in [5, 5.41) is 40.5. The number of aliphatic carboxylic acids is 4. The molecule has 0 aromatic rings. The molecule has 0 aliphatic carbocycles. The van der Waals surface area contributed by atoms with Crippen LogP contribution in [0.3, 0.4) is 0 Å². The van der Waals surface area contributed by atoms with Crippen molar-refractivity contribution in [3.8, 4) is 0 Å². The van der Waals surface area contributed by atoms with Crippen molar-refractivity contribution in [2.75, 3.05) is 85.6 Å². The van der Waals surface area contributed by atoms with Gasteiger partial charge in [-0.25, -0.2) is 0 Å². The topological polar surface area (TPSA) is 174 Å². The average Bonchev–Trinajstić information content (AvgIpc) is 2.72. The minimum absolute atomic E-state index is 0.232. The van der Waals surface area contributed by atoms with E-state index in [1.54, 1.807) is 19.6 Å². The fraction of sp³-hybridized carbons (Fsp3) is 0.810. The van der Waals surface area contributed by atoms with Crippen molar-refractivity contribution in [1.29, 1.82) is 0 Å². The van der Waals surface area contributed by atoms with E-state index in [0.29, 0.717) is 52.2 Å². The Morgan fingerprint density at radius 1 is 0.676 bits per heavy atom. The van der Waals surface area contributed by atoms with E-state index in [0.717, 1.165) is 19.4 Å². The molecule has 196 valence electrons. The molecule has 34 heavy (non-hydrogen) atoms. The number of hydrogen-bond donors (Lipinski definition) is 5. The highest BCUT2D eigenvalue weighted by Crippen LogP contribution is 2.13. The third kappa shape index (κ3) is 13.4. The molecule has 0 radical (unpaired) electrons. The van der Waals surface area contributed by atoms with E-state index in [2.05, 4.69) is 5.32 Å². The van der Waals surface area contributed by atoms with Crippen molar-refractivity contribution in [2.24, 2.45) is 0 Å². The zero-order valence-electron chi connectivity index (χ0n) is 19.9. The molecule has 1 saturated heterocycles. The molecule has 5 N–H and O–H groups in total. The third-order valence-electron chi connectivity index (χ3n) is 5.78. The maximum Gasteiger partial charge on any atom is 0.317 e. The minimum Gasteiger partial charge on any atom is -0.480 e. The highest BCUT2D eigenvalue weighted by atomic mass is 16.4. The lowest BCUT2D eigenvalue weighted by molar-refractivity contribution is -0.142. The molecule has 13 heteroatoms. The molecule has 0 amide bonds. The molecule has 1 atom stereocenters. The Hall–Kier alpha value is -2.32. The number of carboxylic acid groups (broad SMARTS) is 4. The molecule has 1 unspecified atom stereocenters. The maximum absolute atomic E-state index is 11.6. The van der Waals surface area contributed by atoms with E-state index in [9.17, 15) is 39.6 Å². The predicted octanol–water partition coefficient (Wildman–Crippen LogP) is -1.70. The number of nitrogens with one attached hydrogen (secondary N) is 1. The summed E-state index contributed by atoms with van der Waals surface area (Å²) >= 11 is 0. The molecule has 1 aliphatic rings. The van der Waals surface area contributed by atoms with Gasteiger partial charge in [0.25, 0.3) is 0 Å². The van der Waals surface area contributed by atoms with E-state index < -0.39 is 23.9 Å². The van der Waals surface area contributed by atoms with Crippen LogP contribution in [0.5, 0.6) is 0 Å². The summed E-state index contributed by atoms with van der Waals surface area (Å²) in [4.78, 5) is 52.6. The van der Waals surface area contributed by atoms with Gasteiger partial charge in [0.15, 0.2) is 0 Å². The first-order valence-electron chi connectivity index (χ1n) is 11.5. The zero-order valence-corrected chi connectivity index (χ0v) is 19.9. The second kappa shape index (κ2) is 16.3. The number of unbranched alkanes of at least 4 members (excludes halogenated alkanes) is 1. The summed E-state index contributed by atoms with van der Waals surface area (Å²) in [5.41, 5.74) is 0. The van der Waals surface area contributed by atoms with Crippen molar-refractivity contribution in [1.82, 2.24) is 24.9 Å². The van der Waals surface area contributed by atoms with E-state index in [-0.39, 0.29) is 32.2 Å². The van der Waals surface area contributed by atoms with Crippen LogP contribution < -0.4 is 5.32 Å². The van der Waals surface area contributed by atoms with Crippen LogP contribution in [0.2, 0.25) is 0 Å². The monoisotopic (exact) mass is 489 g/mol. The van der Waals surface area contributed by atoms with E-state index >= 15 is 0 Å². The molecule has 0 aromatic heterocycles. The van der Waals surface area contributed by atoms with E-state index in [4.69, 9.17) is 0 Å². The van der Waals surface area contributed by atoms with Gasteiger partial charge in [0, 0.05) is 51.9 Å². The lowest BCUT2D eigenvalue weighted by atomic mass is 10.1. The molecular weight excluding hydrogens is 450 g/mol. The molecule has 1 rings (SSSR count). The van der Waals surface area contributed by atoms with Crippen molar-refractivity contribution in [3.63, 3.8) is 0 Å². The first kappa shape index (κ1) is 29.7. The summed E-state index contributed by atoms with van der Waals surface area (Å²) in [6.07, 6.45) is 2.35. The number of carbonyl (C=O) groups is 4. The van der Waals surface area contributed by atoms with Gasteiger partial charge in [0.1, 0.15) is 0 Å². The van der Waals surface area contributed by atoms with Crippen LogP contribution in [0.25, 0.3) is 0 Å². The molecule has 0 saturated carbocycles. The standard InChI is InChI=1S/C21H39N5O8/c1-22-5-3-2-4-17-12-25(15-20(31)32)9-8-23(13-18(27)28)6-7-24(14-19(29)30)10-11-26(17)16-21(33)34/h17,22H,2-16H2,1H3,(H,27,28)(H,29,30)(H,31,32)(H,33,34). The SMILES string of the molecule is CNCCCCC1CN(CC(=O)O)CCN(CC(=O)O)CCN(CC(=O)O)CCN1CC(=O)O. The Morgan fingerprint density at radius 2 is 1.12 bits per heavy atom. The quantitative estimate of drug-likeness (QED) is 0.185. The molecular formula is C21H39N5O8. The molecule has 1 heterocycles. The first-order chi connectivity index (χ1) is 16.1. The summed E-state index contributed by atoms with van der Waals surface area (Å²) in [6, 6.07) is -0.244. The highest BCUT2D eigenvalue weighted by molar-refractivity contribution is 5.70. The van der Waals surface area contributed by atoms with Gasteiger partial charge in [0.05, 0.1) is 26.2 Å². The molecule has 1 aliphatic heterocycles. The fourth-order valence-corrected chi connectivity index (χ4v) is 4.12. The van der Waals surface area contributed by atoms with Gasteiger partial charge in [-0.15, -0.1) is 0 Å². The number of hydrogen-bond acceptors (Lipinski definition) is 9. The Kier molecular flexibility index (Phi) is 14.3. The number of carboxylic acids is 4. The molecule has 13 nitrogen and oxygen atoms in total. The van der Waals surface area contributed by atoms with Gasteiger partial charge in [-0.05, 0) is 26.4 Å². The summed E-state index contributed by atoms with van der Waals surface area (Å²) < 4.78 is 0. The average molecular weight is 490 g/mol. The van der Waals surface area contributed by atoms with Gasteiger partial charge in [-0.2, -0.15) is 0 Å². The molecule has 0 bridgehead atoms. The van der Waals surface area contributed by atoms with Crippen LogP contribution in [-0.2, 0) is 19.2 Å². The van der Waals surface area contributed by atoms with E-state index in [1.807, 2.05) is 7.05 Å². The smallest absolute Gasteiger partial charge is 0.317 e. The van der Waals surface area contributed by atoms with Crippen LogP contribution in [-0.4, -0.2) is 156 Å². The van der Waals surface area contributed by atoms with Crippen molar-refractivity contribution in [3.05, 3.63) is 0 Å². The van der Waals surface area contributed by atoms with Crippen LogP contribution >= 0.6 is 0 Å². The van der Waals surface area contributed by atoms with Crippen LogP contribution in [0.4, 0.5) is 0 Å². The van der Waals surface area contributed by atoms with Gasteiger partial charge in [-0.3, -0.25) is 38.8 Å². The van der Waals surface area contributed by atoms with Gasteiger partial charge in [-0.1, -0.05) is 6.42 Å². The van der Waals surface area contributed by atoms with E-state index in [1.165, 1.54) is 0 Å². The van der Waals surface area contributed by atoms with Crippen molar-refractivity contribution < 1.29 is 39.6 Å². The number of nitrogens with zero attached hydrogens (tertiary/aromatic N) is 4. The van der Waals surface area contributed by atoms with Crippen LogP contribution in [0.1, 0.15) is 19.3 Å². The van der Waals surface area contributed by atoms with Crippen molar-refractivity contribution >= 4 is 23.9 Å². The Morgan fingerprint density at radius 3 is 1.59 bits per heavy atom.